The molecule has 2 amide bonds. The van der Waals surface area contributed by atoms with E-state index in [1.165, 1.54) is 5.56 Å². The Hall–Kier alpha value is -1.66. The number of rotatable bonds is 4. The van der Waals surface area contributed by atoms with Gasteiger partial charge in [0.1, 0.15) is 0 Å². The predicted octanol–water partition coefficient (Wildman–Crippen LogP) is 5.33. The van der Waals surface area contributed by atoms with E-state index in [9.17, 15) is 9.59 Å². The molecule has 0 aromatic heterocycles. The quantitative estimate of drug-likeness (QED) is 0.644. The minimum absolute atomic E-state index is 0.0164. The first kappa shape index (κ1) is 19.1. The van der Waals surface area contributed by atoms with E-state index in [4.69, 9.17) is 0 Å². The largest absolute Gasteiger partial charge is 0.325 e. The van der Waals surface area contributed by atoms with Gasteiger partial charge in [-0.05, 0) is 57.7 Å². The van der Waals surface area contributed by atoms with Crippen LogP contribution >= 0.6 is 31.9 Å². The van der Waals surface area contributed by atoms with Gasteiger partial charge in [-0.25, -0.2) is 0 Å². The van der Waals surface area contributed by atoms with Crippen LogP contribution < -0.4 is 10.2 Å². The highest BCUT2D eigenvalue weighted by Crippen LogP contribution is 2.30. The molecule has 136 valence electrons. The van der Waals surface area contributed by atoms with Crippen molar-refractivity contribution in [1.29, 1.82) is 0 Å². The van der Waals surface area contributed by atoms with Crippen molar-refractivity contribution in [2.75, 3.05) is 16.8 Å². The number of anilines is 2. The summed E-state index contributed by atoms with van der Waals surface area (Å²) in [4.78, 5) is 26.7. The fourth-order valence-electron chi connectivity index (χ4n) is 3.00. The van der Waals surface area contributed by atoms with Gasteiger partial charge >= 0.3 is 0 Å². The number of nitrogens with zero attached hydrogens (tertiary/aromatic N) is 1. The molecule has 0 saturated carbocycles. The lowest BCUT2D eigenvalue weighted by Gasteiger charge is -2.18. The molecule has 2 aromatic rings. The molecular weight excluding hydrogens is 460 g/mol. The number of amides is 2. The molecule has 1 aliphatic rings. The first-order valence-corrected chi connectivity index (χ1v) is 10.1. The third-order valence-corrected chi connectivity index (χ3v) is 5.71. The van der Waals surface area contributed by atoms with Gasteiger partial charge in [-0.15, -0.1) is 0 Å². The molecule has 0 spiro atoms. The summed E-state index contributed by atoms with van der Waals surface area (Å²) >= 11 is 6.83. The maximum atomic E-state index is 12.6. The van der Waals surface area contributed by atoms with Crippen LogP contribution in [0.4, 0.5) is 11.4 Å². The summed E-state index contributed by atoms with van der Waals surface area (Å²) in [6.45, 7) is 4.67. The van der Waals surface area contributed by atoms with E-state index >= 15 is 0 Å². The van der Waals surface area contributed by atoms with E-state index in [0.29, 0.717) is 18.2 Å². The zero-order chi connectivity index (χ0) is 18.8. The summed E-state index contributed by atoms with van der Waals surface area (Å²) in [5.41, 5.74) is 2.78. The van der Waals surface area contributed by atoms with Gasteiger partial charge in [-0.1, -0.05) is 41.9 Å². The standard InChI is InChI=1S/C20H20Br2N2O2/c1-12(2)13-3-6-16(7-4-13)24-11-14(9-19(24)25)20(26)23-18-8-5-15(21)10-17(18)22/h3-8,10,12,14H,9,11H2,1-2H3,(H,23,26)/t14-/m0/s1. The second-order valence-corrected chi connectivity index (χ2v) is 8.54. The van der Waals surface area contributed by atoms with Gasteiger partial charge in [0.15, 0.2) is 0 Å². The van der Waals surface area contributed by atoms with E-state index in [1.54, 1.807) is 4.90 Å². The Morgan fingerprint density at radius 2 is 1.85 bits per heavy atom. The average Bonchev–Trinajstić information content (AvgIpc) is 2.99. The monoisotopic (exact) mass is 478 g/mol. The van der Waals surface area contributed by atoms with Crippen LogP contribution in [0.1, 0.15) is 31.7 Å². The zero-order valence-corrected chi connectivity index (χ0v) is 17.8. The molecule has 0 radical (unpaired) electrons. The lowest BCUT2D eigenvalue weighted by Crippen LogP contribution is -2.28. The van der Waals surface area contributed by atoms with Crippen molar-refractivity contribution >= 4 is 55.0 Å². The zero-order valence-electron chi connectivity index (χ0n) is 14.6. The summed E-state index contributed by atoms with van der Waals surface area (Å²) in [6, 6.07) is 13.6. The maximum absolute atomic E-state index is 12.6. The summed E-state index contributed by atoms with van der Waals surface area (Å²) in [5.74, 6) is -0.0657. The molecule has 26 heavy (non-hydrogen) atoms. The Balaban J connectivity index is 1.69. The molecule has 0 aliphatic carbocycles. The summed E-state index contributed by atoms with van der Waals surface area (Å²) in [5, 5.41) is 2.91. The molecule has 1 N–H and O–H groups in total. The van der Waals surface area contributed by atoms with Crippen molar-refractivity contribution in [3.8, 4) is 0 Å². The van der Waals surface area contributed by atoms with Crippen LogP contribution in [0, 0.1) is 5.92 Å². The fourth-order valence-corrected chi connectivity index (χ4v) is 4.14. The van der Waals surface area contributed by atoms with Crippen LogP contribution in [0.25, 0.3) is 0 Å². The minimum atomic E-state index is -0.358. The third kappa shape index (κ3) is 4.18. The predicted molar refractivity (Wildman–Crippen MR) is 111 cm³/mol. The SMILES string of the molecule is CC(C)c1ccc(N2C[C@@H](C(=O)Nc3ccc(Br)cc3Br)CC2=O)cc1. The second-order valence-electron chi connectivity index (χ2n) is 6.77. The van der Waals surface area contributed by atoms with Crippen LogP contribution in [0.5, 0.6) is 0 Å². The van der Waals surface area contributed by atoms with Crippen LogP contribution in [0.3, 0.4) is 0 Å². The van der Waals surface area contributed by atoms with Gasteiger partial charge in [-0.3, -0.25) is 9.59 Å². The fraction of sp³-hybridized carbons (Fsp3) is 0.300. The van der Waals surface area contributed by atoms with E-state index < -0.39 is 0 Å². The Morgan fingerprint density at radius 1 is 1.15 bits per heavy atom. The molecule has 1 aliphatic heterocycles. The van der Waals surface area contributed by atoms with Crippen molar-refractivity contribution in [3.05, 3.63) is 57.0 Å². The molecule has 4 nitrogen and oxygen atoms in total. The molecule has 1 saturated heterocycles. The smallest absolute Gasteiger partial charge is 0.229 e. The summed E-state index contributed by atoms with van der Waals surface area (Å²) < 4.78 is 1.72. The van der Waals surface area contributed by atoms with Crippen molar-refractivity contribution in [2.45, 2.75) is 26.2 Å². The van der Waals surface area contributed by atoms with Crippen LogP contribution in [0.15, 0.2) is 51.4 Å². The van der Waals surface area contributed by atoms with Crippen LogP contribution in [-0.2, 0) is 9.59 Å². The van der Waals surface area contributed by atoms with Crippen molar-refractivity contribution in [3.63, 3.8) is 0 Å². The van der Waals surface area contributed by atoms with Crippen molar-refractivity contribution in [1.82, 2.24) is 0 Å². The molecule has 6 heteroatoms. The molecule has 0 bridgehead atoms. The number of carbonyl (C=O) groups is 2. The number of hydrogen-bond acceptors (Lipinski definition) is 2. The second kappa shape index (κ2) is 7.92. The molecule has 1 fully saturated rings. The van der Waals surface area contributed by atoms with Gasteiger partial charge in [0, 0.05) is 27.6 Å². The molecule has 2 aromatic carbocycles. The van der Waals surface area contributed by atoms with Gasteiger partial charge in [-0.2, -0.15) is 0 Å². The minimum Gasteiger partial charge on any atom is -0.325 e. The Kier molecular flexibility index (Phi) is 5.82. The molecule has 1 heterocycles. The Labute approximate surface area is 170 Å². The van der Waals surface area contributed by atoms with Crippen LogP contribution in [-0.4, -0.2) is 18.4 Å². The molecule has 1 atom stereocenters. The Bertz CT molecular complexity index is 834. The average molecular weight is 480 g/mol. The van der Waals surface area contributed by atoms with E-state index in [1.807, 2.05) is 42.5 Å². The number of benzene rings is 2. The number of carbonyl (C=O) groups excluding carboxylic acids is 2. The van der Waals surface area contributed by atoms with Gasteiger partial charge in [0.05, 0.1) is 11.6 Å². The topological polar surface area (TPSA) is 49.4 Å². The third-order valence-electron chi connectivity index (χ3n) is 4.56. The lowest BCUT2D eigenvalue weighted by atomic mass is 10.0. The number of hydrogen-bond donors (Lipinski definition) is 1. The van der Waals surface area contributed by atoms with E-state index in [0.717, 1.165) is 14.6 Å². The molecule has 3 rings (SSSR count). The molecular formula is C20H20Br2N2O2. The van der Waals surface area contributed by atoms with E-state index in [2.05, 4.69) is 51.0 Å². The van der Waals surface area contributed by atoms with E-state index in [-0.39, 0.29) is 24.2 Å². The number of nitrogens with one attached hydrogen (secondary N) is 1. The highest BCUT2D eigenvalue weighted by molar-refractivity contribution is 9.11. The van der Waals surface area contributed by atoms with Crippen molar-refractivity contribution in [2.24, 2.45) is 5.92 Å². The maximum Gasteiger partial charge on any atom is 0.229 e. The molecule has 0 unspecified atom stereocenters. The van der Waals surface area contributed by atoms with Crippen molar-refractivity contribution < 1.29 is 9.59 Å². The Morgan fingerprint density at radius 3 is 2.46 bits per heavy atom. The van der Waals surface area contributed by atoms with Gasteiger partial charge < -0.3 is 10.2 Å². The summed E-state index contributed by atoms with van der Waals surface area (Å²) in [6.07, 6.45) is 0.228. The van der Waals surface area contributed by atoms with Crippen LogP contribution in [0.2, 0.25) is 0 Å². The van der Waals surface area contributed by atoms with Gasteiger partial charge in [0.2, 0.25) is 11.8 Å². The number of halogens is 2. The summed E-state index contributed by atoms with van der Waals surface area (Å²) in [7, 11) is 0. The first-order valence-electron chi connectivity index (χ1n) is 8.51. The highest BCUT2D eigenvalue weighted by atomic mass is 79.9. The normalized spacial score (nSPS) is 17.0. The first-order chi connectivity index (χ1) is 12.3. The lowest BCUT2D eigenvalue weighted by molar-refractivity contribution is -0.122. The highest BCUT2D eigenvalue weighted by Gasteiger charge is 2.35. The van der Waals surface area contributed by atoms with Gasteiger partial charge in [0.25, 0.3) is 0 Å².